The van der Waals surface area contributed by atoms with Crippen molar-refractivity contribution in [3.05, 3.63) is 59.5 Å². The van der Waals surface area contributed by atoms with Crippen molar-refractivity contribution in [2.24, 2.45) is 0 Å². The number of carbonyl (C=O) groups is 1. The van der Waals surface area contributed by atoms with Crippen molar-refractivity contribution in [2.45, 2.75) is 52.1 Å². The first-order valence-corrected chi connectivity index (χ1v) is 12.4. The summed E-state index contributed by atoms with van der Waals surface area (Å²) in [6, 6.07) is 10.2. The lowest BCUT2D eigenvalue weighted by Crippen LogP contribution is -2.29. The summed E-state index contributed by atoms with van der Waals surface area (Å²) in [5.41, 5.74) is 1.48. The molecular formula is C27H30FN7O2. The zero-order valence-electron chi connectivity index (χ0n) is 21.4. The van der Waals surface area contributed by atoms with Crippen molar-refractivity contribution in [1.29, 1.82) is 0 Å². The molecule has 1 atom stereocenters. The molecule has 1 unspecified atom stereocenters. The van der Waals surface area contributed by atoms with E-state index in [0.717, 1.165) is 11.8 Å². The normalized spacial score (nSPS) is 15.0. The lowest BCUT2D eigenvalue weighted by molar-refractivity contribution is -0.119. The third-order valence-corrected chi connectivity index (χ3v) is 6.43. The van der Waals surface area contributed by atoms with Gasteiger partial charge < -0.3 is 15.4 Å². The number of anilines is 2. The van der Waals surface area contributed by atoms with Gasteiger partial charge in [0.2, 0.25) is 5.91 Å². The molecule has 10 heteroatoms. The summed E-state index contributed by atoms with van der Waals surface area (Å²) in [7, 11) is 0. The van der Waals surface area contributed by atoms with E-state index in [1.165, 1.54) is 6.07 Å². The van der Waals surface area contributed by atoms with Crippen LogP contribution in [0.25, 0.3) is 22.6 Å². The molecule has 0 aliphatic carbocycles. The van der Waals surface area contributed by atoms with Gasteiger partial charge in [-0.1, -0.05) is 25.1 Å². The summed E-state index contributed by atoms with van der Waals surface area (Å²) in [6.07, 6.45) is 2.60. The molecule has 37 heavy (non-hydrogen) atoms. The Labute approximate surface area is 214 Å². The summed E-state index contributed by atoms with van der Waals surface area (Å²) in [5, 5.41) is 11.8. The molecule has 1 amide bonds. The highest BCUT2D eigenvalue weighted by Crippen LogP contribution is 2.42. The molecule has 4 heterocycles. The van der Waals surface area contributed by atoms with Gasteiger partial charge in [0.15, 0.2) is 11.5 Å². The Hall–Kier alpha value is -3.92. The summed E-state index contributed by atoms with van der Waals surface area (Å²) < 4.78 is 21.8. The van der Waals surface area contributed by atoms with Gasteiger partial charge in [0.05, 0.1) is 29.5 Å². The standard InChI is InChI=1S/C27H30FN7O2/c1-5-13-37-15-16(2)30-22-20-23(33-26(36)27(20,3)4)32-24(31-22)21-18-10-8-12-29-25(18)35(34-21)14-17-9-6-7-11-19(17)28/h6-12,16H,5,13-15H2,1-4H3,(H2,30,31,32,33,36). The van der Waals surface area contributed by atoms with E-state index in [0.29, 0.717) is 53.1 Å². The number of carbonyl (C=O) groups excluding carboxylic acids is 1. The van der Waals surface area contributed by atoms with Crippen molar-refractivity contribution in [2.75, 3.05) is 23.8 Å². The van der Waals surface area contributed by atoms with Gasteiger partial charge in [-0.25, -0.2) is 24.0 Å². The Morgan fingerprint density at radius 1 is 1.19 bits per heavy atom. The third-order valence-electron chi connectivity index (χ3n) is 6.43. The van der Waals surface area contributed by atoms with E-state index in [9.17, 15) is 9.18 Å². The molecule has 1 aliphatic heterocycles. The maximum Gasteiger partial charge on any atom is 0.235 e. The fourth-order valence-electron chi connectivity index (χ4n) is 4.48. The van der Waals surface area contributed by atoms with Gasteiger partial charge in [-0.3, -0.25) is 4.79 Å². The van der Waals surface area contributed by atoms with Crippen molar-refractivity contribution >= 4 is 28.6 Å². The molecule has 5 rings (SSSR count). The second-order valence-corrected chi connectivity index (χ2v) is 9.79. The second-order valence-electron chi connectivity index (χ2n) is 9.79. The smallest absolute Gasteiger partial charge is 0.235 e. The van der Waals surface area contributed by atoms with Gasteiger partial charge in [-0.2, -0.15) is 5.10 Å². The lowest BCUT2D eigenvalue weighted by atomic mass is 9.87. The van der Waals surface area contributed by atoms with Gasteiger partial charge in [-0.15, -0.1) is 0 Å². The van der Waals surface area contributed by atoms with Gasteiger partial charge in [0.1, 0.15) is 23.1 Å². The number of nitrogens with one attached hydrogen (secondary N) is 2. The predicted molar refractivity (Wildman–Crippen MR) is 140 cm³/mol. The largest absolute Gasteiger partial charge is 0.379 e. The molecule has 0 saturated carbocycles. The first kappa shape index (κ1) is 24.8. The predicted octanol–water partition coefficient (Wildman–Crippen LogP) is 4.53. The van der Waals surface area contributed by atoms with Crippen LogP contribution >= 0.6 is 0 Å². The van der Waals surface area contributed by atoms with E-state index >= 15 is 0 Å². The highest BCUT2D eigenvalue weighted by atomic mass is 19.1. The highest BCUT2D eigenvalue weighted by molar-refractivity contribution is 6.06. The number of amides is 1. The van der Waals surface area contributed by atoms with Crippen LogP contribution in [-0.2, 0) is 21.5 Å². The Kier molecular flexibility index (Phi) is 6.59. The number of fused-ring (bicyclic) bond motifs is 2. The molecule has 0 spiro atoms. The fourth-order valence-corrected chi connectivity index (χ4v) is 4.48. The summed E-state index contributed by atoms with van der Waals surface area (Å²) in [5.74, 6) is 0.879. The lowest BCUT2D eigenvalue weighted by Gasteiger charge is -2.22. The maximum absolute atomic E-state index is 14.4. The second kappa shape index (κ2) is 9.85. The Morgan fingerprint density at radius 3 is 2.78 bits per heavy atom. The number of rotatable bonds is 9. The zero-order chi connectivity index (χ0) is 26.2. The molecule has 2 N–H and O–H groups in total. The molecule has 0 radical (unpaired) electrons. The highest BCUT2D eigenvalue weighted by Gasteiger charge is 2.43. The van der Waals surface area contributed by atoms with Crippen molar-refractivity contribution < 1.29 is 13.9 Å². The van der Waals surface area contributed by atoms with Crippen LogP contribution in [0.3, 0.4) is 0 Å². The van der Waals surface area contributed by atoms with Gasteiger partial charge in [-0.05, 0) is 45.4 Å². The topological polar surface area (TPSA) is 107 Å². The van der Waals surface area contributed by atoms with E-state index < -0.39 is 5.41 Å². The molecule has 3 aromatic heterocycles. The number of hydrogen-bond acceptors (Lipinski definition) is 7. The summed E-state index contributed by atoms with van der Waals surface area (Å²) in [4.78, 5) is 26.9. The molecule has 0 bridgehead atoms. The quantitative estimate of drug-likeness (QED) is 0.323. The number of nitrogens with zero attached hydrogens (tertiary/aromatic N) is 5. The molecule has 4 aromatic rings. The molecule has 0 fully saturated rings. The van der Waals surface area contributed by atoms with Crippen molar-refractivity contribution in [3.8, 4) is 11.5 Å². The number of pyridine rings is 1. The van der Waals surface area contributed by atoms with Gasteiger partial charge in [0.25, 0.3) is 0 Å². The molecule has 1 aliphatic rings. The summed E-state index contributed by atoms with van der Waals surface area (Å²) in [6.45, 7) is 9.13. The number of hydrogen-bond donors (Lipinski definition) is 2. The first-order chi connectivity index (χ1) is 17.8. The Balaban J connectivity index is 1.60. The minimum absolute atomic E-state index is 0.0538. The number of aromatic nitrogens is 5. The molecule has 0 saturated heterocycles. The first-order valence-electron chi connectivity index (χ1n) is 12.4. The van der Waals surface area contributed by atoms with Crippen LogP contribution in [-0.4, -0.2) is 49.9 Å². The van der Waals surface area contributed by atoms with Crippen LogP contribution in [0.15, 0.2) is 42.6 Å². The summed E-state index contributed by atoms with van der Waals surface area (Å²) >= 11 is 0. The van der Waals surface area contributed by atoms with Crippen LogP contribution in [0.5, 0.6) is 0 Å². The monoisotopic (exact) mass is 503 g/mol. The Bertz CT molecular complexity index is 1470. The number of benzene rings is 1. The van der Waals surface area contributed by atoms with E-state index in [1.54, 1.807) is 29.1 Å². The molecule has 192 valence electrons. The van der Waals surface area contributed by atoms with Crippen LogP contribution < -0.4 is 10.6 Å². The van der Waals surface area contributed by atoms with Gasteiger partial charge >= 0.3 is 0 Å². The molecule has 9 nitrogen and oxygen atoms in total. The van der Waals surface area contributed by atoms with Crippen LogP contribution in [0, 0.1) is 5.82 Å². The third kappa shape index (κ3) is 4.64. The zero-order valence-corrected chi connectivity index (χ0v) is 21.4. The van der Waals surface area contributed by atoms with Crippen LogP contribution in [0.2, 0.25) is 0 Å². The molecule has 1 aromatic carbocycles. The van der Waals surface area contributed by atoms with Crippen molar-refractivity contribution in [1.82, 2.24) is 24.7 Å². The van der Waals surface area contributed by atoms with E-state index in [4.69, 9.17) is 19.8 Å². The van der Waals surface area contributed by atoms with Gasteiger partial charge in [0, 0.05) is 24.4 Å². The minimum atomic E-state index is -0.811. The van der Waals surface area contributed by atoms with E-state index in [-0.39, 0.29) is 24.3 Å². The minimum Gasteiger partial charge on any atom is -0.379 e. The van der Waals surface area contributed by atoms with E-state index in [1.807, 2.05) is 32.9 Å². The van der Waals surface area contributed by atoms with E-state index in [2.05, 4.69) is 22.5 Å². The maximum atomic E-state index is 14.4. The Morgan fingerprint density at radius 2 is 2.00 bits per heavy atom. The number of halogens is 1. The molecular weight excluding hydrogens is 473 g/mol. The average Bonchev–Trinajstić information content (AvgIpc) is 3.34. The fraction of sp³-hybridized carbons (Fsp3) is 0.370. The van der Waals surface area contributed by atoms with Crippen molar-refractivity contribution in [3.63, 3.8) is 0 Å². The van der Waals surface area contributed by atoms with Crippen LogP contribution in [0.1, 0.15) is 45.2 Å². The number of ether oxygens (including phenoxy) is 1. The average molecular weight is 504 g/mol. The van der Waals surface area contributed by atoms with Crippen LogP contribution in [0.4, 0.5) is 16.0 Å². The SMILES string of the molecule is CCCOCC(C)Nc1nc(-c2nn(Cc3ccccc3F)c3ncccc23)nc2c1C(C)(C)C(=O)N2.